The molecule has 0 saturated carbocycles. The smallest absolute Gasteiger partial charge is 0.348 e. The topological polar surface area (TPSA) is 50.1 Å². The van der Waals surface area contributed by atoms with Gasteiger partial charge in [-0.3, -0.25) is 0 Å². The van der Waals surface area contributed by atoms with E-state index in [1.807, 2.05) is 13.8 Å². The highest BCUT2D eigenvalue weighted by Gasteiger charge is 2.20. The lowest BCUT2D eigenvalue weighted by Crippen LogP contribution is -2.03. The molecule has 0 amide bonds. The van der Waals surface area contributed by atoms with Crippen LogP contribution in [-0.4, -0.2) is 12.6 Å². The molecule has 0 atom stereocenters. The van der Waals surface area contributed by atoms with E-state index in [9.17, 15) is 4.79 Å². The van der Waals surface area contributed by atoms with Crippen molar-refractivity contribution in [2.45, 2.75) is 20.8 Å². The number of carbonyl (C=O) groups is 1. The second-order valence-corrected chi connectivity index (χ2v) is 5.91. The summed E-state index contributed by atoms with van der Waals surface area (Å²) < 4.78 is 6.04. The van der Waals surface area contributed by atoms with E-state index in [4.69, 9.17) is 10.00 Å². The largest absolute Gasteiger partial charge is 0.462 e. The standard InChI is InChI=1S/C12H11NO2S2/c1-4-15-11(14)10-7(3)9-6(2)8(5-13)16-12(9)17-10/h4H2,1-3H3. The van der Waals surface area contributed by atoms with Gasteiger partial charge in [0.25, 0.3) is 0 Å². The lowest BCUT2D eigenvalue weighted by molar-refractivity contribution is 0.0531. The minimum Gasteiger partial charge on any atom is -0.462 e. The van der Waals surface area contributed by atoms with Crippen molar-refractivity contribution in [1.29, 1.82) is 5.26 Å². The molecule has 0 unspecified atom stereocenters. The highest BCUT2D eigenvalue weighted by Crippen LogP contribution is 2.40. The minimum atomic E-state index is -0.267. The molecule has 0 radical (unpaired) electrons. The zero-order valence-electron chi connectivity index (χ0n) is 9.79. The zero-order chi connectivity index (χ0) is 12.6. The van der Waals surface area contributed by atoms with E-state index >= 15 is 0 Å². The Labute approximate surface area is 107 Å². The van der Waals surface area contributed by atoms with Gasteiger partial charge in [-0.2, -0.15) is 5.26 Å². The summed E-state index contributed by atoms with van der Waals surface area (Å²) in [4.78, 5) is 13.1. The van der Waals surface area contributed by atoms with Gasteiger partial charge in [0.1, 0.15) is 15.8 Å². The van der Waals surface area contributed by atoms with Crippen LogP contribution in [0.15, 0.2) is 0 Å². The van der Waals surface area contributed by atoms with Crippen LogP contribution in [0.1, 0.15) is 32.6 Å². The summed E-state index contributed by atoms with van der Waals surface area (Å²) in [6, 6.07) is 2.18. The van der Waals surface area contributed by atoms with E-state index in [2.05, 4.69) is 6.07 Å². The van der Waals surface area contributed by atoms with Gasteiger partial charge in [0.15, 0.2) is 0 Å². The molecular weight excluding hydrogens is 254 g/mol. The predicted octanol–water partition coefficient (Wildman–Crippen LogP) is 3.63. The van der Waals surface area contributed by atoms with Crippen LogP contribution in [0.4, 0.5) is 0 Å². The third-order valence-corrected chi connectivity index (χ3v) is 5.14. The fraction of sp³-hybridized carbons (Fsp3) is 0.333. The van der Waals surface area contributed by atoms with Gasteiger partial charge in [0.05, 0.1) is 10.6 Å². The highest BCUT2D eigenvalue weighted by molar-refractivity contribution is 7.39. The molecule has 0 N–H and O–H groups in total. The number of thiophene rings is 2. The van der Waals surface area contributed by atoms with Crippen molar-refractivity contribution in [2.75, 3.05) is 6.61 Å². The maximum absolute atomic E-state index is 11.7. The number of carbonyl (C=O) groups excluding carboxylic acids is 1. The van der Waals surface area contributed by atoms with Crippen molar-refractivity contribution >= 4 is 38.0 Å². The van der Waals surface area contributed by atoms with E-state index in [1.54, 1.807) is 6.92 Å². The molecule has 2 aromatic heterocycles. The van der Waals surface area contributed by atoms with Crippen molar-refractivity contribution < 1.29 is 9.53 Å². The molecule has 88 valence electrons. The van der Waals surface area contributed by atoms with Gasteiger partial charge < -0.3 is 4.74 Å². The van der Waals surface area contributed by atoms with Gasteiger partial charge in [-0.25, -0.2) is 4.79 Å². The number of nitrogens with zero attached hydrogens (tertiary/aromatic N) is 1. The van der Waals surface area contributed by atoms with Crippen LogP contribution in [-0.2, 0) is 4.74 Å². The van der Waals surface area contributed by atoms with E-state index in [1.165, 1.54) is 22.7 Å². The number of rotatable bonds is 2. The number of hydrogen-bond donors (Lipinski definition) is 0. The molecule has 2 heterocycles. The molecule has 2 aromatic rings. The summed E-state index contributed by atoms with van der Waals surface area (Å²) in [5.74, 6) is -0.267. The monoisotopic (exact) mass is 265 g/mol. The maximum Gasteiger partial charge on any atom is 0.348 e. The molecule has 5 heteroatoms. The summed E-state index contributed by atoms with van der Waals surface area (Å²) >= 11 is 2.86. The molecule has 2 rings (SSSR count). The van der Waals surface area contributed by atoms with E-state index in [0.29, 0.717) is 11.5 Å². The van der Waals surface area contributed by atoms with Crippen LogP contribution >= 0.6 is 22.7 Å². The number of ether oxygens (including phenoxy) is 1. The molecule has 17 heavy (non-hydrogen) atoms. The highest BCUT2D eigenvalue weighted by atomic mass is 32.2. The Balaban J connectivity index is 2.60. The molecule has 0 saturated heterocycles. The predicted molar refractivity (Wildman–Crippen MR) is 69.8 cm³/mol. The number of fused-ring (bicyclic) bond motifs is 1. The maximum atomic E-state index is 11.7. The normalized spacial score (nSPS) is 10.5. The van der Waals surface area contributed by atoms with Crippen LogP contribution in [0, 0.1) is 25.2 Å². The average molecular weight is 265 g/mol. The Bertz CT molecular complexity index is 631. The van der Waals surface area contributed by atoms with Crippen LogP contribution in [0.25, 0.3) is 9.40 Å². The Hall–Kier alpha value is -1.38. The molecule has 0 aliphatic carbocycles. The Kier molecular flexibility index (Phi) is 3.18. The van der Waals surface area contributed by atoms with Gasteiger partial charge in [-0.1, -0.05) is 0 Å². The summed E-state index contributed by atoms with van der Waals surface area (Å²) in [5.41, 5.74) is 1.90. The van der Waals surface area contributed by atoms with Crippen molar-refractivity contribution in [3.8, 4) is 6.07 Å². The molecule has 0 aliphatic heterocycles. The van der Waals surface area contributed by atoms with E-state index in [0.717, 1.165) is 25.4 Å². The van der Waals surface area contributed by atoms with Crippen LogP contribution in [0.3, 0.4) is 0 Å². The molecule has 0 aromatic carbocycles. The fourth-order valence-corrected chi connectivity index (χ4v) is 4.33. The SMILES string of the molecule is CCOC(=O)c1sc2sc(C#N)c(C)c2c1C. The first kappa shape index (κ1) is 12.1. The van der Waals surface area contributed by atoms with Crippen LogP contribution < -0.4 is 0 Å². The second kappa shape index (κ2) is 4.47. The van der Waals surface area contributed by atoms with Crippen LogP contribution in [0.2, 0.25) is 0 Å². The number of hydrogen-bond acceptors (Lipinski definition) is 5. The first-order chi connectivity index (χ1) is 8.10. The summed E-state index contributed by atoms with van der Waals surface area (Å²) in [7, 11) is 0. The molecular formula is C12H11NO2S2. The quantitative estimate of drug-likeness (QED) is 0.779. The lowest BCUT2D eigenvalue weighted by Gasteiger charge is -1.99. The number of nitriles is 1. The summed E-state index contributed by atoms with van der Waals surface area (Å²) in [5, 5.41) is 10.0. The van der Waals surface area contributed by atoms with Gasteiger partial charge in [-0.15, -0.1) is 22.7 Å². The Morgan fingerprint density at radius 2 is 2.06 bits per heavy atom. The van der Waals surface area contributed by atoms with Crippen molar-refractivity contribution in [1.82, 2.24) is 0 Å². The second-order valence-electron chi connectivity index (χ2n) is 3.61. The molecule has 3 nitrogen and oxygen atoms in total. The van der Waals surface area contributed by atoms with Crippen molar-refractivity contribution in [2.24, 2.45) is 0 Å². The average Bonchev–Trinajstić information content (AvgIpc) is 2.78. The van der Waals surface area contributed by atoms with Gasteiger partial charge in [0.2, 0.25) is 0 Å². The summed E-state index contributed by atoms with van der Waals surface area (Å²) in [6.07, 6.45) is 0. The number of esters is 1. The van der Waals surface area contributed by atoms with Crippen molar-refractivity contribution in [3.63, 3.8) is 0 Å². The fourth-order valence-electron chi connectivity index (χ4n) is 1.77. The minimum absolute atomic E-state index is 0.267. The molecule has 0 spiro atoms. The third-order valence-electron chi connectivity index (χ3n) is 2.59. The van der Waals surface area contributed by atoms with Gasteiger partial charge in [-0.05, 0) is 31.9 Å². The van der Waals surface area contributed by atoms with Crippen LogP contribution in [0.5, 0.6) is 0 Å². The molecule has 0 bridgehead atoms. The van der Waals surface area contributed by atoms with Gasteiger partial charge >= 0.3 is 5.97 Å². The van der Waals surface area contributed by atoms with E-state index < -0.39 is 0 Å². The number of aryl methyl sites for hydroxylation is 2. The Morgan fingerprint density at radius 3 is 2.59 bits per heavy atom. The molecule has 0 fully saturated rings. The third kappa shape index (κ3) is 1.84. The van der Waals surface area contributed by atoms with Gasteiger partial charge in [0, 0.05) is 5.39 Å². The van der Waals surface area contributed by atoms with E-state index in [-0.39, 0.29) is 5.97 Å². The van der Waals surface area contributed by atoms with Crippen molar-refractivity contribution in [3.05, 3.63) is 20.9 Å². The first-order valence-electron chi connectivity index (χ1n) is 5.19. The first-order valence-corrected chi connectivity index (χ1v) is 6.83. The summed E-state index contributed by atoms with van der Waals surface area (Å²) in [6.45, 7) is 6.01. The zero-order valence-corrected chi connectivity index (χ0v) is 11.4. The lowest BCUT2D eigenvalue weighted by atomic mass is 10.1. The Morgan fingerprint density at radius 1 is 1.35 bits per heavy atom. The molecule has 0 aliphatic rings.